The van der Waals surface area contributed by atoms with Gasteiger partial charge in [-0.1, -0.05) is 6.07 Å². The summed E-state index contributed by atoms with van der Waals surface area (Å²) < 4.78 is 5.16. The SMILES string of the molecule is COc1c(NC2=C(C)C(=O)CC2)cccc1C(=O)O. The van der Waals surface area contributed by atoms with Crippen molar-refractivity contribution in [2.75, 3.05) is 12.4 Å². The Balaban J connectivity index is 2.38. The van der Waals surface area contributed by atoms with Crippen molar-refractivity contribution < 1.29 is 19.4 Å². The van der Waals surface area contributed by atoms with Crippen molar-refractivity contribution in [1.82, 2.24) is 0 Å². The molecule has 1 aliphatic rings. The zero-order valence-electron chi connectivity index (χ0n) is 10.8. The predicted molar refractivity (Wildman–Crippen MR) is 70.5 cm³/mol. The van der Waals surface area contributed by atoms with Gasteiger partial charge in [0.05, 0.1) is 12.8 Å². The van der Waals surface area contributed by atoms with Gasteiger partial charge < -0.3 is 15.2 Å². The third-order valence-electron chi connectivity index (χ3n) is 3.21. The lowest BCUT2D eigenvalue weighted by molar-refractivity contribution is -0.114. The molecule has 0 atom stereocenters. The first-order chi connectivity index (χ1) is 9.04. The van der Waals surface area contributed by atoms with Crippen LogP contribution in [0.15, 0.2) is 29.5 Å². The van der Waals surface area contributed by atoms with Crippen molar-refractivity contribution in [3.05, 3.63) is 35.0 Å². The maximum Gasteiger partial charge on any atom is 0.339 e. The number of anilines is 1. The quantitative estimate of drug-likeness (QED) is 0.870. The number of benzene rings is 1. The maximum absolute atomic E-state index is 11.5. The minimum Gasteiger partial charge on any atom is -0.494 e. The summed E-state index contributed by atoms with van der Waals surface area (Å²) in [6.45, 7) is 1.77. The lowest BCUT2D eigenvalue weighted by Crippen LogP contribution is -2.06. The summed E-state index contributed by atoms with van der Waals surface area (Å²) in [7, 11) is 1.42. The molecule has 100 valence electrons. The largest absolute Gasteiger partial charge is 0.494 e. The van der Waals surface area contributed by atoms with Crippen molar-refractivity contribution in [3.8, 4) is 5.75 Å². The molecule has 2 N–H and O–H groups in total. The van der Waals surface area contributed by atoms with Crippen LogP contribution in [0, 0.1) is 0 Å². The van der Waals surface area contributed by atoms with Crippen LogP contribution in [-0.2, 0) is 4.79 Å². The molecular weight excluding hydrogens is 246 g/mol. The van der Waals surface area contributed by atoms with E-state index in [2.05, 4.69) is 5.32 Å². The van der Waals surface area contributed by atoms with Gasteiger partial charge in [-0.2, -0.15) is 0 Å². The third kappa shape index (κ3) is 2.45. The summed E-state index contributed by atoms with van der Waals surface area (Å²) in [6.07, 6.45) is 1.14. The molecule has 0 fully saturated rings. The van der Waals surface area contributed by atoms with Gasteiger partial charge in [0.25, 0.3) is 0 Å². The van der Waals surface area contributed by atoms with Gasteiger partial charge in [-0.25, -0.2) is 4.79 Å². The van der Waals surface area contributed by atoms with E-state index < -0.39 is 5.97 Å². The second kappa shape index (κ2) is 5.14. The van der Waals surface area contributed by atoms with Gasteiger partial charge in [0.2, 0.25) is 0 Å². The van der Waals surface area contributed by atoms with Gasteiger partial charge in [-0.3, -0.25) is 4.79 Å². The summed E-state index contributed by atoms with van der Waals surface area (Å²) in [6, 6.07) is 4.85. The number of rotatable bonds is 4. The number of aromatic carboxylic acids is 1. The van der Waals surface area contributed by atoms with Crippen LogP contribution in [0.25, 0.3) is 0 Å². The summed E-state index contributed by atoms with van der Waals surface area (Å²) >= 11 is 0. The molecule has 0 spiro atoms. The van der Waals surface area contributed by atoms with Gasteiger partial charge in [0.15, 0.2) is 11.5 Å². The summed E-state index contributed by atoms with van der Waals surface area (Å²) in [5.41, 5.74) is 2.18. The average molecular weight is 261 g/mol. The Kier molecular flexibility index (Phi) is 3.55. The molecule has 0 saturated heterocycles. The van der Waals surface area contributed by atoms with Gasteiger partial charge >= 0.3 is 5.97 Å². The summed E-state index contributed by atoms with van der Waals surface area (Å²) in [5.74, 6) is -0.654. The van der Waals surface area contributed by atoms with Crippen LogP contribution in [0.3, 0.4) is 0 Å². The Morgan fingerprint density at radius 2 is 2.11 bits per heavy atom. The van der Waals surface area contributed by atoms with Gasteiger partial charge in [-0.15, -0.1) is 0 Å². The Morgan fingerprint density at radius 1 is 1.37 bits per heavy atom. The highest BCUT2D eigenvalue weighted by Crippen LogP contribution is 2.32. The second-order valence-electron chi connectivity index (χ2n) is 4.34. The molecule has 1 aliphatic carbocycles. The normalized spacial score (nSPS) is 14.7. The number of carboxylic acid groups (broad SMARTS) is 1. The Morgan fingerprint density at radius 3 is 2.63 bits per heavy atom. The molecule has 0 bridgehead atoms. The molecule has 0 saturated carbocycles. The molecule has 0 heterocycles. The molecule has 2 rings (SSSR count). The van der Waals surface area contributed by atoms with E-state index in [4.69, 9.17) is 9.84 Å². The zero-order valence-corrected chi connectivity index (χ0v) is 10.8. The molecular formula is C14H15NO4. The summed E-state index contributed by atoms with van der Waals surface area (Å²) in [5, 5.41) is 12.2. The van der Waals surface area contributed by atoms with E-state index in [1.54, 1.807) is 19.1 Å². The smallest absolute Gasteiger partial charge is 0.339 e. The van der Waals surface area contributed by atoms with Crippen molar-refractivity contribution in [2.24, 2.45) is 0 Å². The fourth-order valence-electron chi connectivity index (χ4n) is 2.12. The number of hydrogen-bond donors (Lipinski definition) is 2. The number of carboxylic acids is 1. The molecule has 19 heavy (non-hydrogen) atoms. The van der Waals surface area contributed by atoms with E-state index in [0.29, 0.717) is 24.1 Å². The first-order valence-corrected chi connectivity index (χ1v) is 5.95. The van der Waals surface area contributed by atoms with Crippen LogP contribution in [-0.4, -0.2) is 24.0 Å². The van der Waals surface area contributed by atoms with E-state index in [-0.39, 0.29) is 17.1 Å². The fraction of sp³-hybridized carbons (Fsp3) is 0.286. The molecule has 0 radical (unpaired) electrons. The van der Waals surface area contributed by atoms with E-state index in [0.717, 1.165) is 5.70 Å². The number of ketones is 1. The summed E-state index contributed by atoms with van der Waals surface area (Å²) in [4.78, 5) is 22.6. The standard InChI is InChI=1S/C14H15NO4/c1-8-10(6-7-12(8)16)15-11-5-3-4-9(14(17)18)13(11)19-2/h3-5,15H,6-7H2,1-2H3,(H,17,18). The first kappa shape index (κ1) is 13.1. The van der Waals surface area contributed by atoms with Crippen LogP contribution in [0.1, 0.15) is 30.1 Å². The number of Topliss-reactive ketones (excluding diaryl/α,β-unsaturated/α-hetero) is 1. The zero-order chi connectivity index (χ0) is 14.0. The molecule has 5 nitrogen and oxygen atoms in total. The second-order valence-corrected chi connectivity index (χ2v) is 4.34. The number of ether oxygens (including phenoxy) is 1. The molecule has 5 heteroatoms. The highest BCUT2D eigenvalue weighted by Gasteiger charge is 2.21. The van der Waals surface area contributed by atoms with Crippen molar-refractivity contribution in [1.29, 1.82) is 0 Å². The highest BCUT2D eigenvalue weighted by molar-refractivity contribution is 5.99. The molecule has 0 aliphatic heterocycles. The number of nitrogens with one attached hydrogen (secondary N) is 1. The van der Waals surface area contributed by atoms with Crippen molar-refractivity contribution >= 4 is 17.4 Å². The van der Waals surface area contributed by atoms with Crippen LogP contribution >= 0.6 is 0 Å². The van der Waals surface area contributed by atoms with Crippen molar-refractivity contribution in [2.45, 2.75) is 19.8 Å². The molecule has 0 unspecified atom stereocenters. The van der Waals surface area contributed by atoms with E-state index >= 15 is 0 Å². The predicted octanol–water partition coefficient (Wildman–Crippen LogP) is 2.44. The minimum atomic E-state index is -1.05. The van der Waals surface area contributed by atoms with Crippen LogP contribution in [0.4, 0.5) is 5.69 Å². The number of carbonyl (C=O) groups excluding carboxylic acids is 1. The van der Waals surface area contributed by atoms with Crippen LogP contribution in [0.5, 0.6) is 5.75 Å². The van der Waals surface area contributed by atoms with E-state index in [9.17, 15) is 9.59 Å². The van der Waals surface area contributed by atoms with Gasteiger partial charge in [0.1, 0.15) is 5.56 Å². The van der Waals surface area contributed by atoms with Crippen LogP contribution in [0.2, 0.25) is 0 Å². The molecule has 0 amide bonds. The molecule has 0 aromatic heterocycles. The minimum absolute atomic E-state index is 0.0927. The van der Waals surface area contributed by atoms with Gasteiger partial charge in [0, 0.05) is 17.7 Å². The number of para-hydroxylation sites is 1. The number of hydrogen-bond acceptors (Lipinski definition) is 4. The Bertz CT molecular complexity index is 575. The fourth-order valence-corrected chi connectivity index (χ4v) is 2.12. The third-order valence-corrected chi connectivity index (χ3v) is 3.21. The monoisotopic (exact) mass is 261 g/mol. The molecule has 1 aromatic carbocycles. The van der Waals surface area contributed by atoms with Gasteiger partial charge in [-0.05, 0) is 25.5 Å². The Labute approximate surface area is 110 Å². The average Bonchev–Trinajstić information content (AvgIpc) is 2.70. The Hall–Kier alpha value is -2.30. The number of methoxy groups -OCH3 is 1. The molecule has 1 aromatic rings. The van der Waals surface area contributed by atoms with Crippen LogP contribution < -0.4 is 10.1 Å². The number of carbonyl (C=O) groups is 2. The lowest BCUT2D eigenvalue weighted by atomic mass is 10.1. The number of allylic oxidation sites excluding steroid dienone is 2. The highest BCUT2D eigenvalue weighted by atomic mass is 16.5. The topological polar surface area (TPSA) is 75.6 Å². The first-order valence-electron chi connectivity index (χ1n) is 5.95. The van der Waals surface area contributed by atoms with E-state index in [1.165, 1.54) is 13.2 Å². The van der Waals surface area contributed by atoms with Crippen molar-refractivity contribution in [3.63, 3.8) is 0 Å². The van der Waals surface area contributed by atoms with E-state index in [1.807, 2.05) is 0 Å². The lowest BCUT2D eigenvalue weighted by Gasteiger charge is -2.14. The maximum atomic E-state index is 11.5.